The van der Waals surface area contributed by atoms with E-state index in [0.717, 1.165) is 26.5 Å². The van der Waals surface area contributed by atoms with Crippen molar-refractivity contribution in [1.82, 2.24) is 10.3 Å². The molecule has 0 aliphatic carbocycles. The van der Waals surface area contributed by atoms with Gasteiger partial charge in [-0.1, -0.05) is 30.3 Å². The third-order valence-electron chi connectivity index (χ3n) is 4.21. The van der Waals surface area contributed by atoms with E-state index in [4.69, 9.17) is 9.15 Å². The van der Waals surface area contributed by atoms with E-state index in [9.17, 15) is 4.79 Å². The summed E-state index contributed by atoms with van der Waals surface area (Å²) in [5.74, 6) is 1.47. The van der Waals surface area contributed by atoms with Crippen molar-refractivity contribution in [3.05, 3.63) is 72.0 Å². The summed E-state index contributed by atoms with van der Waals surface area (Å²) in [4.78, 5) is 16.9. The molecule has 2 heterocycles. The SMILES string of the molecule is COc1ccccc1CCNC(=O)c1ccc(-c2nc3ccccc3s2)o1. The van der Waals surface area contributed by atoms with Crippen molar-refractivity contribution in [2.24, 2.45) is 0 Å². The largest absolute Gasteiger partial charge is 0.496 e. The van der Waals surface area contributed by atoms with Crippen LogP contribution in [0.25, 0.3) is 21.0 Å². The Morgan fingerprint density at radius 1 is 1.11 bits per heavy atom. The lowest BCUT2D eigenvalue weighted by Crippen LogP contribution is -2.25. The average Bonchev–Trinajstić information content (AvgIpc) is 3.35. The highest BCUT2D eigenvalue weighted by molar-refractivity contribution is 7.21. The number of benzene rings is 2. The summed E-state index contributed by atoms with van der Waals surface area (Å²) in [6.45, 7) is 0.496. The topological polar surface area (TPSA) is 64.4 Å². The number of hydrogen-bond acceptors (Lipinski definition) is 5. The van der Waals surface area contributed by atoms with Gasteiger partial charge in [0.15, 0.2) is 16.5 Å². The fourth-order valence-corrected chi connectivity index (χ4v) is 3.79. The van der Waals surface area contributed by atoms with E-state index < -0.39 is 0 Å². The summed E-state index contributed by atoms with van der Waals surface area (Å²) in [6.07, 6.45) is 0.682. The number of aromatic nitrogens is 1. The second kappa shape index (κ2) is 7.63. The Kier molecular flexibility index (Phi) is 4.89. The van der Waals surface area contributed by atoms with Crippen molar-refractivity contribution < 1.29 is 13.9 Å². The van der Waals surface area contributed by atoms with Crippen molar-refractivity contribution in [2.45, 2.75) is 6.42 Å². The van der Waals surface area contributed by atoms with Gasteiger partial charge in [-0.25, -0.2) is 4.98 Å². The lowest BCUT2D eigenvalue weighted by molar-refractivity contribution is 0.0927. The quantitative estimate of drug-likeness (QED) is 0.535. The first kappa shape index (κ1) is 17.3. The highest BCUT2D eigenvalue weighted by Crippen LogP contribution is 2.31. The molecule has 136 valence electrons. The monoisotopic (exact) mass is 378 g/mol. The maximum atomic E-state index is 12.4. The molecule has 0 bridgehead atoms. The van der Waals surface area contributed by atoms with Crippen LogP contribution in [0.5, 0.6) is 5.75 Å². The van der Waals surface area contributed by atoms with Gasteiger partial charge >= 0.3 is 0 Å². The number of methoxy groups -OCH3 is 1. The number of carbonyl (C=O) groups is 1. The van der Waals surface area contributed by atoms with E-state index in [0.29, 0.717) is 18.7 Å². The fourth-order valence-electron chi connectivity index (χ4n) is 2.86. The average molecular weight is 378 g/mol. The second-order valence-corrected chi connectivity index (χ2v) is 7.00. The molecule has 0 saturated heterocycles. The van der Waals surface area contributed by atoms with Crippen molar-refractivity contribution in [1.29, 1.82) is 0 Å². The minimum Gasteiger partial charge on any atom is -0.496 e. The zero-order valence-corrected chi connectivity index (χ0v) is 15.6. The molecule has 2 aromatic carbocycles. The van der Waals surface area contributed by atoms with Crippen LogP contribution in [0.4, 0.5) is 0 Å². The molecular weight excluding hydrogens is 360 g/mol. The Morgan fingerprint density at radius 2 is 1.93 bits per heavy atom. The molecule has 0 unspecified atom stereocenters. The predicted octanol–water partition coefficient (Wildman–Crippen LogP) is 4.54. The highest BCUT2D eigenvalue weighted by atomic mass is 32.1. The molecule has 0 atom stereocenters. The third-order valence-corrected chi connectivity index (χ3v) is 5.26. The van der Waals surface area contributed by atoms with Gasteiger partial charge in [0.05, 0.1) is 17.3 Å². The van der Waals surface area contributed by atoms with Gasteiger partial charge in [0, 0.05) is 6.54 Å². The number of carbonyl (C=O) groups excluding carboxylic acids is 1. The molecule has 0 saturated carbocycles. The maximum absolute atomic E-state index is 12.4. The number of thiazole rings is 1. The van der Waals surface area contributed by atoms with Gasteiger partial charge in [-0.05, 0) is 42.3 Å². The molecule has 0 aliphatic rings. The van der Waals surface area contributed by atoms with Crippen LogP contribution in [0.1, 0.15) is 16.1 Å². The van der Waals surface area contributed by atoms with Gasteiger partial charge in [0.1, 0.15) is 5.75 Å². The molecule has 4 rings (SSSR count). The number of fused-ring (bicyclic) bond motifs is 1. The molecule has 4 aromatic rings. The first-order valence-corrected chi connectivity index (χ1v) is 9.42. The number of para-hydroxylation sites is 2. The first-order chi connectivity index (χ1) is 13.2. The Labute approximate surface area is 160 Å². The van der Waals surface area contributed by atoms with Crippen LogP contribution in [0.3, 0.4) is 0 Å². The second-order valence-electron chi connectivity index (χ2n) is 5.97. The minimum absolute atomic E-state index is 0.239. The van der Waals surface area contributed by atoms with Crippen molar-refractivity contribution in [3.8, 4) is 16.5 Å². The summed E-state index contributed by atoms with van der Waals surface area (Å²) in [7, 11) is 1.64. The Morgan fingerprint density at radius 3 is 2.78 bits per heavy atom. The summed E-state index contributed by atoms with van der Waals surface area (Å²) < 4.78 is 12.1. The molecule has 0 radical (unpaired) electrons. The molecule has 0 aliphatic heterocycles. The van der Waals surface area contributed by atoms with Crippen LogP contribution in [-0.4, -0.2) is 24.5 Å². The fraction of sp³-hybridized carbons (Fsp3) is 0.143. The molecule has 1 amide bonds. The van der Waals surface area contributed by atoms with Crippen LogP contribution in [0, 0.1) is 0 Å². The van der Waals surface area contributed by atoms with E-state index in [1.165, 1.54) is 0 Å². The summed E-state index contributed by atoms with van der Waals surface area (Å²) >= 11 is 1.54. The van der Waals surface area contributed by atoms with Gasteiger partial charge in [0.2, 0.25) is 0 Å². The Bertz CT molecular complexity index is 1050. The molecule has 0 fully saturated rings. The standard InChI is InChI=1S/C21H18N2O3S/c1-25-16-8-4-2-6-14(16)12-13-22-20(24)17-10-11-18(26-17)21-23-15-7-3-5-9-19(15)27-21/h2-11H,12-13H2,1H3,(H,22,24). The van der Waals surface area contributed by atoms with E-state index in [-0.39, 0.29) is 11.7 Å². The van der Waals surface area contributed by atoms with Crippen LogP contribution >= 0.6 is 11.3 Å². The van der Waals surface area contributed by atoms with E-state index in [1.54, 1.807) is 30.6 Å². The highest BCUT2D eigenvalue weighted by Gasteiger charge is 2.15. The summed E-state index contributed by atoms with van der Waals surface area (Å²) in [5.41, 5.74) is 1.98. The zero-order valence-electron chi connectivity index (χ0n) is 14.8. The predicted molar refractivity (Wildman–Crippen MR) is 106 cm³/mol. The maximum Gasteiger partial charge on any atom is 0.287 e. The zero-order chi connectivity index (χ0) is 18.6. The Balaban J connectivity index is 1.41. The number of hydrogen-bond donors (Lipinski definition) is 1. The number of nitrogens with one attached hydrogen (secondary N) is 1. The number of furan rings is 1. The van der Waals surface area contributed by atoms with Crippen LogP contribution < -0.4 is 10.1 Å². The molecule has 5 nitrogen and oxygen atoms in total. The lowest BCUT2D eigenvalue weighted by atomic mass is 10.1. The van der Waals surface area contributed by atoms with Crippen LogP contribution in [0.2, 0.25) is 0 Å². The molecule has 27 heavy (non-hydrogen) atoms. The molecule has 0 spiro atoms. The van der Waals surface area contributed by atoms with Gasteiger partial charge in [-0.2, -0.15) is 0 Å². The summed E-state index contributed by atoms with van der Waals surface area (Å²) in [5, 5.41) is 3.65. The van der Waals surface area contributed by atoms with E-state index >= 15 is 0 Å². The van der Waals surface area contributed by atoms with E-state index in [1.807, 2.05) is 48.5 Å². The van der Waals surface area contributed by atoms with Crippen LogP contribution in [-0.2, 0) is 6.42 Å². The van der Waals surface area contributed by atoms with Gasteiger partial charge in [-0.3, -0.25) is 4.79 Å². The smallest absolute Gasteiger partial charge is 0.287 e. The number of amides is 1. The minimum atomic E-state index is -0.239. The lowest BCUT2D eigenvalue weighted by Gasteiger charge is -2.08. The van der Waals surface area contributed by atoms with Crippen molar-refractivity contribution in [2.75, 3.05) is 13.7 Å². The molecular formula is C21H18N2O3S. The van der Waals surface area contributed by atoms with Gasteiger partial charge < -0.3 is 14.5 Å². The molecule has 6 heteroatoms. The number of ether oxygens (including phenoxy) is 1. The third kappa shape index (κ3) is 3.71. The molecule has 1 N–H and O–H groups in total. The molecule has 2 aromatic heterocycles. The van der Waals surface area contributed by atoms with Gasteiger partial charge in [0.25, 0.3) is 5.91 Å². The van der Waals surface area contributed by atoms with E-state index in [2.05, 4.69) is 10.3 Å². The summed E-state index contributed by atoms with van der Waals surface area (Å²) in [6, 6.07) is 19.2. The van der Waals surface area contributed by atoms with Crippen molar-refractivity contribution in [3.63, 3.8) is 0 Å². The van der Waals surface area contributed by atoms with Crippen LogP contribution in [0.15, 0.2) is 65.1 Å². The number of nitrogens with zero attached hydrogens (tertiary/aromatic N) is 1. The Hall–Kier alpha value is -3.12. The van der Waals surface area contributed by atoms with Gasteiger partial charge in [-0.15, -0.1) is 11.3 Å². The first-order valence-electron chi connectivity index (χ1n) is 8.60. The number of rotatable bonds is 6. The normalized spacial score (nSPS) is 10.9. The van der Waals surface area contributed by atoms with Crippen molar-refractivity contribution >= 4 is 27.5 Å².